The molecule has 0 fully saturated rings. The molecule has 4 aromatic rings. The number of hydrogen-bond acceptors (Lipinski definition) is 4. The van der Waals surface area contributed by atoms with E-state index in [9.17, 15) is 4.79 Å². The molecule has 0 aliphatic rings. The molecule has 1 unspecified atom stereocenters. The summed E-state index contributed by atoms with van der Waals surface area (Å²) in [6, 6.07) is 23.7. The summed E-state index contributed by atoms with van der Waals surface area (Å²) in [4.78, 5) is 17.0. The number of carbonyl (C=O) groups is 1. The van der Waals surface area contributed by atoms with Crippen LogP contribution in [-0.2, 0) is 17.8 Å². The Kier molecular flexibility index (Phi) is 10.7. The Morgan fingerprint density at radius 1 is 0.949 bits per heavy atom. The van der Waals surface area contributed by atoms with E-state index in [1.165, 1.54) is 5.56 Å². The van der Waals surface area contributed by atoms with E-state index in [-0.39, 0.29) is 12.5 Å². The number of carbonyl (C=O) groups excluding carboxylic acids is 1. The monoisotopic (exact) mass is 547 g/mol. The van der Waals surface area contributed by atoms with Crippen LogP contribution in [0.3, 0.4) is 0 Å². The fourth-order valence-corrected chi connectivity index (χ4v) is 4.62. The molecule has 0 saturated heterocycles. The van der Waals surface area contributed by atoms with Crippen LogP contribution >= 0.6 is 11.6 Å². The van der Waals surface area contributed by atoms with Gasteiger partial charge in [0, 0.05) is 18.0 Å². The van der Waals surface area contributed by atoms with Gasteiger partial charge in [0.2, 0.25) is 0 Å². The maximum absolute atomic E-state index is 12.1. The molecule has 0 spiro atoms. The number of amides is 1. The highest BCUT2D eigenvalue weighted by Crippen LogP contribution is 2.22. The Morgan fingerprint density at radius 2 is 1.67 bits per heavy atom. The van der Waals surface area contributed by atoms with E-state index < -0.39 is 0 Å². The van der Waals surface area contributed by atoms with E-state index in [0.717, 1.165) is 61.3 Å². The highest BCUT2D eigenvalue weighted by Gasteiger charge is 2.11. The lowest BCUT2D eigenvalue weighted by Gasteiger charge is -2.13. The predicted octanol–water partition coefficient (Wildman–Crippen LogP) is 7.19. The van der Waals surface area contributed by atoms with Gasteiger partial charge in [-0.25, -0.2) is 4.98 Å². The van der Waals surface area contributed by atoms with Crippen LogP contribution in [0.1, 0.15) is 56.8 Å². The summed E-state index contributed by atoms with van der Waals surface area (Å²) in [6.45, 7) is 6.41. The summed E-state index contributed by atoms with van der Waals surface area (Å²) in [5.74, 6) is 3.04. The van der Waals surface area contributed by atoms with Crippen molar-refractivity contribution in [2.75, 3.05) is 19.8 Å². The standard InChI is InChI=1S/C32H38ClN3O3/c1-3-24(2)25-12-16-27(17-13-25)38-22-21-36-30-10-7-6-9-29(30)35-31(36)11-5-4-8-20-34-32(37)23-39-28-18-14-26(33)15-19-28/h6-7,9-10,12-19,24H,3-5,8,11,20-23H2,1-2H3,(H,34,37). The first-order valence-corrected chi connectivity index (χ1v) is 14.2. The fraction of sp³-hybridized carbons (Fsp3) is 0.375. The van der Waals surface area contributed by atoms with Crippen molar-refractivity contribution in [2.24, 2.45) is 0 Å². The number of ether oxygens (including phenoxy) is 2. The molecule has 0 saturated carbocycles. The van der Waals surface area contributed by atoms with Gasteiger partial charge in [-0.05, 0) is 79.3 Å². The molecule has 0 bridgehead atoms. The molecule has 0 aliphatic carbocycles. The second-order valence-corrected chi connectivity index (χ2v) is 10.2. The number of aromatic nitrogens is 2. The minimum absolute atomic E-state index is 0.00423. The van der Waals surface area contributed by atoms with Gasteiger partial charge in [0.15, 0.2) is 6.61 Å². The number of imidazole rings is 1. The highest BCUT2D eigenvalue weighted by molar-refractivity contribution is 6.30. The van der Waals surface area contributed by atoms with Crippen molar-refractivity contribution >= 4 is 28.5 Å². The smallest absolute Gasteiger partial charge is 0.257 e. The molecule has 0 aliphatic heterocycles. The Bertz CT molecular complexity index is 1320. The van der Waals surface area contributed by atoms with Crippen molar-refractivity contribution in [3.05, 3.63) is 89.2 Å². The number of halogens is 1. The van der Waals surface area contributed by atoms with E-state index >= 15 is 0 Å². The van der Waals surface area contributed by atoms with Crippen LogP contribution in [0.5, 0.6) is 11.5 Å². The maximum Gasteiger partial charge on any atom is 0.257 e. The molecule has 7 heteroatoms. The minimum atomic E-state index is -0.124. The van der Waals surface area contributed by atoms with Crippen LogP contribution in [0.15, 0.2) is 72.8 Å². The Balaban J connectivity index is 1.20. The number of hydrogen-bond donors (Lipinski definition) is 1. The largest absolute Gasteiger partial charge is 0.492 e. The fourth-order valence-electron chi connectivity index (χ4n) is 4.49. The van der Waals surface area contributed by atoms with Crippen molar-refractivity contribution in [3.8, 4) is 11.5 Å². The van der Waals surface area contributed by atoms with Crippen LogP contribution in [0.4, 0.5) is 0 Å². The number of para-hydroxylation sites is 2. The van der Waals surface area contributed by atoms with Crippen molar-refractivity contribution < 1.29 is 14.3 Å². The van der Waals surface area contributed by atoms with Gasteiger partial charge in [0.1, 0.15) is 23.9 Å². The molecule has 4 rings (SSSR count). The van der Waals surface area contributed by atoms with Crippen molar-refractivity contribution in [1.82, 2.24) is 14.9 Å². The summed E-state index contributed by atoms with van der Waals surface area (Å²) in [5.41, 5.74) is 3.49. The molecular weight excluding hydrogens is 510 g/mol. The van der Waals surface area contributed by atoms with E-state index in [2.05, 4.69) is 66.2 Å². The molecule has 1 aromatic heterocycles. The van der Waals surface area contributed by atoms with E-state index in [1.54, 1.807) is 24.3 Å². The van der Waals surface area contributed by atoms with Crippen molar-refractivity contribution in [3.63, 3.8) is 0 Å². The van der Waals surface area contributed by atoms with Gasteiger partial charge in [-0.15, -0.1) is 0 Å². The zero-order valence-electron chi connectivity index (χ0n) is 22.9. The van der Waals surface area contributed by atoms with Crippen molar-refractivity contribution in [2.45, 2.75) is 58.4 Å². The van der Waals surface area contributed by atoms with Crippen LogP contribution < -0.4 is 14.8 Å². The molecule has 206 valence electrons. The van der Waals surface area contributed by atoms with E-state index in [4.69, 9.17) is 26.1 Å². The number of fused-ring (bicyclic) bond motifs is 1. The van der Waals surface area contributed by atoms with E-state index in [0.29, 0.717) is 29.8 Å². The van der Waals surface area contributed by atoms with Crippen LogP contribution in [0, 0.1) is 0 Å². The zero-order valence-corrected chi connectivity index (χ0v) is 23.6. The van der Waals surface area contributed by atoms with Gasteiger partial charge >= 0.3 is 0 Å². The second kappa shape index (κ2) is 14.6. The molecule has 6 nitrogen and oxygen atoms in total. The van der Waals surface area contributed by atoms with Crippen LogP contribution in [0.25, 0.3) is 11.0 Å². The number of unbranched alkanes of at least 4 members (excludes halogenated alkanes) is 2. The second-order valence-electron chi connectivity index (χ2n) is 9.80. The van der Waals surface area contributed by atoms with Gasteiger partial charge < -0.3 is 19.4 Å². The summed E-state index contributed by atoms with van der Waals surface area (Å²) >= 11 is 5.87. The molecule has 1 atom stereocenters. The molecule has 0 radical (unpaired) electrons. The first kappa shape index (κ1) is 28.5. The molecule has 1 heterocycles. The number of nitrogens with one attached hydrogen (secondary N) is 1. The van der Waals surface area contributed by atoms with Gasteiger partial charge in [0.05, 0.1) is 17.6 Å². The molecule has 1 N–H and O–H groups in total. The van der Waals surface area contributed by atoms with Crippen molar-refractivity contribution in [1.29, 1.82) is 0 Å². The van der Waals surface area contributed by atoms with Crippen LogP contribution in [-0.4, -0.2) is 35.2 Å². The van der Waals surface area contributed by atoms with Gasteiger partial charge in [-0.3, -0.25) is 4.79 Å². The lowest BCUT2D eigenvalue weighted by molar-refractivity contribution is -0.123. The topological polar surface area (TPSA) is 65.4 Å². The number of rotatable bonds is 15. The normalized spacial score (nSPS) is 11.9. The van der Waals surface area contributed by atoms with Crippen LogP contribution in [0.2, 0.25) is 5.02 Å². The zero-order chi connectivity index (χ0) is 27.5. The quantitative estimate of drug-likeness (QED) is 0.160. The Morgan fingerprint density at radius 3 is 2.44 bits per heavy atom. The Labute approximate surface area is 236 Å². The summed E-state index contributed by atoms with van der Waals surface area (Å²) < 4.78 is 13.8. The maximum atomic E-state index is 12.1. The molecule has 3 aromatic carbocycles. The summed E-state index contributed by atoms with van der Waals surface area (Å²) in [6.07, 6.45) is 4.92. The first-order valence-electron chi connectivity index (χ1n) is 13.9. The third kappa shape index (κ3) is 8.49. The number of benzene rings is 3. The third-order valence-electron chi connectivity index (χ3n) is 6.96. The minimum Gasteiger partial charge on any atom is -0.492 e. The first-order chi connectivity index (χ1) is 19.0. The van der Waals surface area contributed by atoms with Gasteiger partial charge in [-0.1, -0.05) is 56.1 Å². The summed E-state index contributed by atoms with van der Waals surface area (Å²) in [5, 5.41) is 3.56. The number of nitrogens with zero attached hydrogens (tertiary/aromatic N) is 2. The lowest BCUT2D eigenvalue weighted by Crippen LogP contribution is -2.29. The average molecular weight is 548 g/mol. The lowest BCUT2D eigenvalue weighted by atomic mass is 9.99. The Hall–Kier alpha value is -3.51. The molecule has 1 amide bonds. The molecule has 39 heavy (non-hydrogen) atoms. The highest BCUT2D eigenvalue weighted by atomic mass is 35.5. The third-order valence-corrected chi connectivity index (χ3v) is 7.21. The predicted molar refractivity (Wildman–Crippen MR) is 158 cm³/mol. The average Bonchev–Trinajstić information content (AvgIpc) is 3.31. The molecular formula is C32H38ClN3O3. The van der Waals surface area contributed by atoms with Gasteiger partial charge in [0.25, 0.3) is 5.91 Å². The van der Waals surface area contributed by atoms with E-state index in [1.807, 2.05) is 6.07 Å². The number of aryl methyl sites for hydroxylation is 1. The van der Waals surface area contributed by atoms with Gasteiger partial charge in [-0.2, -0.15) is 0 Å². The summed E-state index contributed by atoms with van der Waals surface area (Å²) in [7, 11) is 0. The SMILES string of the molecule is CCC(C)c1ccc(OCCn2c(CCCCCNC(=O)COc3ccc(Cl)cc3)nc3ccccc32)cc1.